The number of carboxylic acid groups (broad SMARTS) is 1. The minimum absolute atomic E-state index is 0.106. The lowest BCUT2D eigenvalue weighted by Crippen LogP contribution is -2.38. The molecule has 110 valence electrons. The summed E-state index contributed by atoms with van der Waals surface area (Å²) >= 11 is 0. The average Bonchev–Trinajstić information content (AvgIpc) is 2.85. The lowest BCUT2D eigenvalue weighted by Gasteiger charge is -2.22. The summed E-state index contributed by atoms with van der Waals surface area (Å²) in [4.78, 5) is 18.3. The van der Waals surface area contributed by atoms with Gasteiger partial charge >= 0.3 is 5.97 Å². The molecule has 2 heterocycles. The number of carboxylic acids is 1. The van der Waals surface area contributed by atoms with Crippen LogP contribution in [0.25, 0.3) is 0 Å². The third kappa shape index (κ3) is 3.42. The van der Waals surface area contributed by atoms with Crippen LogP contribution in [0.3, 0.4) is 0 Å². The second-order valence-corrected chi connectivity index (χ2v) is 6.58. The van der Waals surface area contributed by atoms with Crippen molar-refractivity contribution < 1.29 is 18.3 Å². The summed E-state index contributed by atoms with van der Waals surface area (Å²) in [6.45, 7) is 0.961. The number of aromatic carboxylic acids is 1. The van der Waals surface area contributed by atoms with E-state index in [4.69, 9.17) is 5.11 Å². The maximum Gasteiger partial charge on any atom is 0.356 e. The van der Waals surface area contributed by atoms with Crippen molar-refractivity contribution >= 4 is 21.8 Å². The maximum absolute atomic E-state index is 11.6. The van der Waals surface area contributed by atoms with Crippen LogP contribution in [0.1, 0.15) is 23.3 Å². The van der Waals surface area contributed by atoms with Crippen LogP contribution in [0.15, 0.2) is 12.4 Å². The Morgan fingerprint density at radius 2 is 2.25 bits per heavy atom. The molecular weight excluding hydrogens is 284 g/mol. The molecule has 0 radical (unpaired) electrons. The molecule has 0 saturated carbocycles. The Kier molecular flexibility index (Phi) is 4.19. The van der Waals surface area contributed by atoms with E-state index in [1.54, 1.807) is 0 Å². The summed E-state index contributed by atoms with van der Waals surface area (Å²) in [7, 11) is -3.19. The third-order valence-electron chi connectivity index (χ3n) is 3.14. The SMILES string of the molecule is CS(=O)(=O)N1CCC[C@@H]1CNc1cnc(C(=O)O)cn1. The molecule has 8 nitrogen and oxygen atoms in total. The number of carbonyl (C=O) groups is 1. The topological polar surface area (TPSA) is 112 Å². The zero-order chi connectivity index (χ0) is 14.8. The normalized spacial score (nSPS) is 19.9. The molecule has 1 atom stereocenters. The number of aromatic nitrogens is 2. The molecule has 2 rings (SSSR count). The fraction of sp³-hybridized carbons (Fsp3) is 0.545. The zero-order valence-electron chi connectivity index (χ0n) is 11.0. The minimum Gasteiger partial charge on any atom is -0.476 e. The van der Waals surface area contributed by atoms with Crippen LogP contribution in [-0.2, 0) is 10.0 Å². The highest BCUT2D eigenvalue weighted by molar-refractivity contribution is 7.88. The molecular formula is C11H16N4O4S. The van der Waals surface area contributed by atoms with Gasteiger partial charge in [-0.15, -0.1) is 0 Å². The smallest absolute Gasteiger partial charge is 0.356 e. The van der Waals surface area contributed by atoms with Gasteiger partial charge in [-0.1, -0.05) is 0 Å². The van der Waals surface area contributed by atoms with Crippen molar-refractivity contribution in [2.24, 2.45) is 0 Å². The number of hydrogen-bond donors (Lipinski definition) is 2. The van der Waals surface area contributed by atoms with Crippen molar-refractivity contribution in [1.82, 2.24) is 14.3 Å². The fourth-order valence-electron chi connectivity index (χ4n) is 2.20. The average molecular weight is 300 g/mol. The molecule has 0 bridgehead atoms. The third-order valence-corrected chi connectivity index (χ3v) is 4.47. The van der Waals surface area contributed by atoms with Crippen molar-refractivity contribution in [3.05, 3.63) is 18.1 Å². The first-order valence-electron chi connectivity index (χ1n) is 6.14. The number of nitrogens with zero attached hydrogens (tertiary/aromatic N) is 3. The Hall–Kier alpha value is -1.74. The summed E-state index contributed by atoms with van der Waals surface area (Å²) in [5.74, 6) is -0.710. The van der Waals surface area contributed by atoms with Crippen LogP contribution in [0.5, 0.6) is 0 Å². The van der Waals surface area contributed by atoms with Gasteiger partial charge < -0.3 is 10.4 Å². The van der Waals surface area contributed by atoms with Crippen molar-refractivity contribution in [1.29, 1.82) is 0 Å². The van der Waals surface area contributed by atoms with E-state index in [1.807, 2.05) is 0 Å². The van der Waals surface area contributed by atoms with Gasteiger partial charge in [-0.25, -0.2) is 23.2 Å². The van der Waals surface area contributed by atoms with Crippen LogP contribution in [0, 0.1) is 0 Å². The van der Waals surface area contributed by atoms with E-state index < -0.39 is 16.0 Å². The van der Waals surface area contributed by atoms with Crippen molar-refractivity contribution in [3.8, 4) is 0 Å². The number of sulfonamides is 1. The molecule has 1 aromatic heterocycles. The highest BCUT2D eigenvalue weighted by Gasteiger charge is 2.31. The minimum atomic E-state index is -3.19. The lowest BCUT2D eigenvalue weighted by molar-refractivity contribution is 0.0690. The Bertz CT molecular complexity index is 587. The first-order valence-corrected chi connectivity index (χ1v) is 7.99. The highest BCUT2D eigenvalue weighted by atomic mass is 32.2. The van der Waals surface area contributed by atoms with Crippen molar-refractivity contribution in [2.45, 2.75) is 18.9 Å². The van der Waals surface area contributed by atoms with Gasteiger partial charge in [0, 0.05) is 19.1 Å². The standard InChI is InChI=1S/C11H16N4O4S/c1-20(18,19)15-4-2-3-8(15)5-13-10-7-12-9(6-14-10)11(16)17/h6-8H,2-5H2,1H3,(H,13,14)(H,16,17)/t8-/m1/s1. The summed E-state index contributed by atoms with van der Waals surface area (Å²) in [5, 5.41) is 11.7. The van der Waals surface area contributed by atoms with Crippen LogP contribution < -0.4 is 5.32 Å². The van der Waals surface area contributed by atoms with E-state index in [1.165, 1.54) is 16.8 Å². The molecule has 1 aliphatic heterocycles. The summed E-state index contributed by atoms with van der Waals surface area (Å²) < 4.78 is 24.6. The monoisotopic (exact) mass is 300 g/mol. The molecule has 1 saturated heterocycles. The van der Waals surface area contributed by atoms with Gasteiger partial charge in [0.05, 0.1) is 18.6 Å². The van der Waals surface area contributed by atoms with Gasteiger partial charge in [-0.3, -0.25) is 0 Å². The number of anilines is 1. The Morgan fingerprint density at radius 3 is 2.80 bits per heavy atom. The summed E-state index contributed by atoms with van der Waals surface area (Å²) in [6, 6.07) is -0.106. The predicted molar refractivity (Wildman–Crippen MR) is 72.1 cm³/mol. The van der Waals surface area contributed by atoms with E-state index in [0.29, 0.717) is 18.9 Å². The van der Waals surface area contributed by atoms with Gasteiger partial charge in [0.1, 0.15) is 5.82 Å². The molecule has 1 aromatic rings. The molecule has 0 spiro atoms. The van der Waals surface area contributed by atoms with E-state index in [-0.39, 0.29) is 11.7 Å². The summed E-state index contributed by atoms with van der Waals surface area (Å²) in [6.07, 6.45) is 5.31. The Labute approximate surface area is 116 Å². The van der Waals surface area contributed by atoms with Crippen LogP contribution in [0.4, 0.5) is 5.82 Å². The molecule has 9 heteroatoms. The van der Waals surface area contributed by atoms with E-state index in [2.05, 4.69) is 15.3 Å². The van der Waals surface area contributed by atoms with Gasteiger partial charge in [-0.05, 0) is 12.8 Å². The highest BCUT2D eigenvalue weighted by Crippen LogP contribution is 2.20. The first-order chi connectivity index (χ1) is 9.38. The van der Waals surface area contributed by atoms with Crippen molar-refractivity contribution in [3.63, 3.8) is 0 Å². The fourth-order valence-corrected chi connectivity index (χ4v) is 3.38. The van der Waals surface area contributed by atoms with Gasteiger partial charge in [0.25, 0.3) is 0 Å². The molecule has 0 amide bonds. The van der Waals surface area contributed by atoms with Crippen molar-refractivity contribution in [2.75, 3.05) is 24.7 Å². The van der Waals surface area contributed by atoms with Crippen LogP contribution in [-0.4, -0.2) is 59.2 Å². The van der Waals surface area contributed by atoms with Gasteiger partial charge in [-0.2, -0.15) is 4.31 Å². The number of nitrogens with one attached hydrogen (secondary N) is 1. The Morgan fingerprint density at radius 1 is 1.50 bits per heavy atom. The second kappa shape index (κ2) is 5.71. The first kappa shape index (κ1) is 14.7. The number of hydrogen-bond acceptors (Lipinski definition) is 6. The number of rotatable bonds is 5. The van der Waals surface area contributed by atoms with E-state index >= 15 is 0 Å². The molecule has 1 fully saturated rings. The largest absolute Gasteiger partial charge is 0.476 e. The lowest BCUT2D eigenvalue weighted by atomic mass is 10.2. The van der Waals surface area contributed by atoms with Gasteiger partial charge in [0.15, 0.2) is 5.69 Å². The molecule has 2 N–H and O–H groups in total. The van der Waals surface area contributed by atoms with Crippen LogP contribution in [0.2, 0.25) is 0 Å². The zero-order valence-corrected chi connectivity index (χ0v) is 11.8. The molecule has 0 aromatic carbocycles. The molecule has 20 heavy (non-hydrogen) atoms. The second-order valence-electron chi connectivity index (χ2n) is 4.64. The molecule has 0 unspecified atom stereocenters. The van der Waals surface area contributed by atoms with Crippen LogP contribution >= 0.6 is 0 Å². The summed E-state index contributed by atoms with van der Waals surface area (Å²) in [5.41, 5.74) is -0.130. The molecule has 0 aliphatic carbocycles. The quantitative estimate of drug-likeness (QED) is 0.787. The van der Waals surface area contributed by atoms with E-state index in [0.717, 1.165) is 19.0 Å². The van der Waals surface area contributed by atoms with Gasteiger partial charge in [0.2, 0.25) is 10.0 Å². The predicted octanol–water partition coefficient (Wildman–Crippen LogP) is 0.0107. The maximum atomic E-state index is 11.6. The molecule has 1 aliphatic rings. The Balaban J connectivity index is 1.96. The van der Waals surface area contributed by atoms with E-state index in [9.17, 15) is 13.2 Å².